The number of carbonyl (C=O) groups is 2. The summed E-state index contributed by atoms with van der Waals surface area (Å²) in [5.74, 6) is -0.712. The van der Waals surface area contributed by atoms with Crippen LogP contribution in [0, 0.1) is 0 Å². The topological polar surface area (TPSA) is 55.8 Å². The Hall–Kier alpha value is -3.09. The molecule has 0 N–H and O–H groups in total. The van der Waals surface area contributed by atoms with Gasteiger partial charge >= 0.3 is 11.9 Å². The van der Waals surface area contributed by atoms with Crippen molar-refractivity contribution in [3.63, 3.8) is 0 Å². The van der Waals surface area contributed by atoms with Crippen LogP contribution < -0.4 is 0 Å². The molecule has 0 radical (unpaired) electrons. The third-order valence-corrected chi connectivity index (χ3v) is 7.62. The number of hydrogen-bond donors (Lipinski definition) is 0. The minimum atomic E-state index is -0.369. The molecule has 178 valence electrons. The summed E-state index contributed by atoms with van der Waals surface area (Å²) >= 11 is 0. The van der Waals surface area contributed by atoms with Crippen LogP contribution in [0.5, 0.6) is 0 Å². The second-order valence-electron chi connectivity index (χ2n) is 8.12. The van der Waals surface area contributed by atoms with Crippen LogP contribution in [0.1, 0.15) is 19.4 Å². The van der Waals surface area contributed by atoms with Crippen LogP contribution >= 0.6 is 0 Å². The molecular weight excluding hydrogens is 446 g/mol. The first kappa shape index (κ1) is 25.5. The van der Waals surface area contributed by atoms with E-state index in [0.29, 0.717) is 13.0 Å². The summed E-state index contributed by atoms with van der Waals surface area (Å²) in [6, 6.07) is 29.6. The third kappa shape index (κ3) is 7.47. The summed E-state index contributed by atoms with van der Waals surface area (Å²) in [4.78, 5) is 29.3. The van der Waals surface area contributed by atoms with E-state index in [2.05, 4.69) is 72.8 Å². The van der Waals surface area contributed by atoms with Crippen LogP contribution in [0.25, 0.3) is 0 Å². The Balaban J connectivity index is 1.60. The maximum atomic E-state index is 12.3. The van der Waals surface area contributed by atoms with Gasteiger partial charge in [-0.3, -0.25) is 14.5 Å². The lowest BCUT2D eigenvalue weighted by Crippen LogP contribution is -2.40. The molecule has 0 bridgehead atoms. The number of benzene rings is 3. The van der Waals surface area contributed by atoms with E-state index in [9.17, 15) is 9.59 Å². The Labute approximate surface area is 205 Å². The molecule has 0 saturated heterocycles. The molecule has 0 atom stereocenters. The fourth-order valence-corrected chi connectivity index (χ4v) is 5.54. The molecule has 6 heteroatoms. The van der Waals surface area contributed by atoms with Gasteiger partial charge in [0.2, 0.25) is 0 Å². The fraction of sp³-hybridized carbons (Fsp3) is 0.286. The van der Waals surface area contributed by atoms with Gasteiger partial charge < -0.3 is 9.47 Å². The summed E-state index contributed by atoms with van der Waals surface area (Å²) in [7, 11) is 1.16. The largest absolute Gasteiger partial charge is 0.468 e. The van der Waals surface area contributed by atoms with E-state index >= 15 is 0 Å². The van der Waals surface area contributed by atoms with Crippen molar-refractivity contribution in [3.8, 4) is 0 Å². The lowest BCUT2D eigenvalue weighted by Gasteiger charge is -2.23. The molecule has 0 unspecified atom stereocenters. The second kappa shape index (κ2) is 13.0. The minimum absolute atomic E-state index is 0.0298. The summed E-state index contributed by atoms with van der Waals surface area (Å²) in [6.45, 7) is 4.27. The van der Waals surface area contributed by atoms with E-state index in [4.69, 9.17) is 9.47 Å². The number of rotatable bonds is 11. The van der Waals surface area contributed by atoms with Crippen LogP contribution in [-0.4, -0.2) is 49.7 Å². The van der Waals surface area contributed by atoms with Gasteiger partial charge in [0.05, 0.1) is 37.7 Å². The predicted molar refractivity (Wildman–Crippen MR) is 135 cm³/mol. The van der Waals surface area contributed by atoms with E-state index in [1.54, 1.807) is 4.90 Å². The van der Waals surface area contributed by atoms with Gasteiger partial charge in [0.1, 0.15) is 0 Å². The highest BCUT2D eigenvalue weighted by molar-refractivity contribution is 7.97. The Kier molecular flexibility index (Phi) is 9.74. The number of esters is 2. The van der Waals surface area contributed by atoms with Crippen LogP contribution in [0.2, 0.25) is 0 Å². The highest BCUT2D eigenvalue weighted by atomic mass is 32.2. The normalized spacial score (nSPS) is 11.1. The average molecular weight is 479 g/mol. The van der Waals surface area contributed by atoms with Gasteiger partial charge in [0, 0.05) is 12.5 Å². The maximum absolute atomic E-state index is 12.3. The molecule has 0 amide bonds. The maximum Gasteiger partial charge on any atom is 0.320 e. The Morgan fingerprint density at radius 3 is 1.76 bits per heavy atom. The first-order chi connectivity index (χ1) is 16.5. The molecule has 0 heterocycles. The molecule has 34 heavy (non-hydrogen) atoms. The molecule has 3 aromatic rings. The summed E-state index contributed by atoms with van der Waals surface area (Å²) in [5.41, 5.74) is 1.11. The molecule has 0 aliphatic heterocycles. The molecule has 0 aromatic heterocycles. The smallest absolute Gasteiger partial charge is 0.320 e. The van der Waals surface area contributed by atoms with Gasteiger partial charge in [-0.2, -0.15) is 0 Å². The number of nitrogens with zero attached hydrogens (tertiary/aromatic N) is 1. The third-order valence-electron chi connectivity index (χ3n) is 5.39. The van der Waals surface area contributed by atoms with Crippen molar-refractivity contribution < 1.29 is 19.1 Å². The highest BCUT2D eigenvalue weighted by Gasteiger charge is 2.28. The fourth-order valence-electron chi connectivity index (χ4n) is 3.46. The zero-order valence-corrected chi connectivity index (χ0v) is 20.8. The van der Waals surface area contributed by atoms with E-state index in [1.165, 1.54) is 21.8 Å². The first-order valence-electron chi connectivity index (χ1n) is 11.4. The lowest BCUT2D eigenvalue weighted by molar-refractivity contribution is -0.148. The monoisotopic (exact) mass is 478 g/mol. The number of hydrogen-bond acceptors (Lipinski definition) is 5. The standard InChI is InChI=1S/C28H32NO4S/c1-22(2)29(20-27(30)32-3)21-28(31)33-19-18-23-14-16-26(17-15-23)34(24-10-6-4-7-11-24)25-12-8-5-9-13-25/h4-17,22H,18-21H2,1-3H3/q+1. The Morgan fingerprint density at radius 1 is 0.765 bits per heavy atom. The predicted octanol–water partition coefficient (Wildman–Crippen LogP) is 4.75. The molecule has 3 aromatic carbocycles. The molecule has 0 aliphatic carbocycles. The number of ether oxygens (including phenoxy) is 2. The van der Waals surface area contributed by atoms with Crippen LogP contribution in [-0.2, 0) is 36.4 Å². The zero-order chi connectivity index (χ0) is 24.3. The lowest BCUT2D eigenvalue weighted by atomic mass is 10.2. The molecule has 0 spiro atoms. The van der Waals surface area contributed by atoms with Crippen molar-refractivity contribution in [2.45, 2.75) is 41.0 Å². The van der Waals surface area contributed by atoms with Crippen LogP contribution in [0.4, 0.5) is 0 Å². The minimum Gasteiger partial charge on any atom is -0.468 e. The van der Waals surface area contributed by atoms with Gasteiger partial charge in [-0.15, -0.1) is 0 Å². The summed E-state index contributed by atoms with van der Waals surface area (Å²) in [6.07, 6.45) is 0.634. The van der Waals surface area contributed by atoms with Crippen LogP contribution in [0.15, 0.2) is 99.6 Å². The van der Waals surface area contributed by atoms with Gasteiger partial charge in [0.15, 0.2) is 14.7 Å². The van der Waals surface area contributed by atoms with E-state index in [1.807, 2.05) is 26.0 Å². The SMILES string of the molecule is COC(=O)CN(CC(=O)OCCc1ccc([S+](c2ccccc2)c2ccccc2)cc1)C(C)C. The van der Waals surface area contributed by atoms with Crippen molar-refractivity contribution in [3.05, 3.63) is 90.5 Å². The van der Waals surface area contributed by atoms with Gasteiger partial charge in [-0.25, -0.2) is 0 Å². The summed E-state index contributed by atoms with van der Waals surface area (Å²) < 4.78 is 10.1. The van der Waals surface area contributed by atoms with Crippen LogP contribution in [0.3, 0.4) is 0 Å². The van der Waals surface area contributed by atoms with Crippen molar-refractivity contribution in [2.75, 3.05) is 26.8 Å². The van der Waals surface area contributed by atoms with Gasteiger partial charge in [0.25, 0.3) is 0 Å². The summed E-state index contributed by atoms with van der Waals surface area (Å²) in [5, 5.41) is 0. The molecule has 0 aliphatic rings. The zero-order valence-electron chi connectivity index (χ0n) is 20.0. The van der Waals surface area contributed by atoms with Crippen molar-refractivity contribution in [2.24, 2.45) is 0 Å². The van der Waals surface area contributed by atoms with Crippen molar-refractivity contribution >= 4 is 22.8 Å². The quantitative estimate of drug-likeness (QED) is 0.294. The van der Waals surface area contributed by atoms with Gasteiger partial charge in [-0.1, -0.05) is 48.5 Å². The molecular formula is C28H32NO4S+. The second-order valence-corrected chi connectivity index (χ2v) is 10.1. The highest BCUT2D eigenvalue weighted by Crippen LogP contribution is 2.31. The Bertz CT molecular complexity index is 1000. The van der Waals surface area contributed by atoms with E-state index in [-0.39, 0.29) is 42.0 Å². The van der Waals surface area contributed by atoms with Crippen molar-refractivity contribution in [1.82, 2.24) is 4.90 Å². The number of methoxy groups -OCH3 is 1. The average Bonchev–Trinajstić information content (AvgIpc) is 2.86. The molecule has 0 fully saturated rings. The molecule has 0 saturated carbocycles. The first-order valence-corrected chi connectivity index (χ1v) is 12.6. The molecule has 3 rings (SSSR count). The number of carbonyl (C=O) groups excluding carboxylic acids is 2. The van der Waals surface area contributed by atoms with Crippen molar-refractivity contribution in [1.29, 1.82) is 0 Å². The van der Waals surface area contributed by atoms with E-state index in [0.717, 1.165) is 5.56 Å². The Morgan fingerprint density at radius 2 is 1.26 bits per heavy atom. The van der Waals surface area contributed by atoms with E-state index < -0.39 is 0 Å². The molecule has 5 nitrogen and oxygen atoms in total. The van der Waals surface area contributed by atoms with Gasteiger partial charge in [-0.05, 0) is 55.8 Å².